The Hall–Kier alpha value is -6.35. The quantitative estimate of drug-likeness (QED) is 0.130. The Morgan fingerprint density at radius 2 is 1.07 bits per heavy atom. The van der Waals surface area contributed by atoms with Gasteiger partial charge in [-0.05, 0) is 130 Å². The first-order valence-electron chi connectivity index (χ1n) is 24.6. The van der Waals surface area contributed by atoms with E-state index in [0.29, 0.717) is 45.6 Å². The molecular weight excluding hydrogens is 873 g/mol. The number of likely N-dealkylation sites (tertiary alicyclic amines) is 2. The van der Waals surface area contributed by atoms with Crippen molar-refractivity contribution in [3.05, 3.63) is 141 Å². The maximum absolute atomic E-state index is 13.3. The minimum absolute atomic E-state index is 0.0223. The molecule has 0 radical (unpaired) electrons. The standard InChI is InChI=1S/C30H37N3O5.C25H29N3O3/c1-30(2,3)38-29(35)33(21-22-8-10-26-27(20-22)37-19-18-36-26)24-12-14-31(15-13-24)16-17-32-25-7-5-4-6-23(25)9-11-28(32)34;29-25-8-6-20-3-1-2-4-22(20)28(25)14-13-27-11-9-21(10-12-27)26-18-19-5-7-23-24(17-19)31-16-15-30-23/h4-11,20,24H,12-19,21H2,1-3H3;1-8,17,21,26H,9-16,18H2. The number of amides is 1. The predicted octanol–water partition coefficient (Wildman–Crippen LogP) is 7.70. The molecule has 6 aromatic rings. The number of piperidine rings is 2. The van der Waals surface area contributed by atoms with Crippen LogP contribution in [0.25, 0.3) is 21.8 Å². The molecule has 69 heavy (non-hydrogen) atoms. The Labute approximate surface area is 404 Å². The summed E-state index contributed by atoms with van der Waals surface area (Å²) in [5.74, 6) is 3.15. The van der Waals surface area contributed by atoms with E-state index in [4.69, 9.17) is 23.7 Å². The molecule has 2 aromatic heterocycles. The summed E-state index contributed by atoms with van der Waals surface area (Å²) in [5, 5.41) is 5.88. The van der Waals surface area contributed by atoms with E-state index in [0.717, 1.165) is 128 Å². The molecule has 4 aromatic carbocycles. The number of nitrogens with zero attached hydrogens (tertiary/aromatic N) is 5. The second kappa shape index (κ2) is 21.9. The van der Waals surface area contributed by atoms with E-state index in [1.165, 1.54) is 5.56 Å². The molecule has 0 aliphatic carbocycles. The summed E-state index contributed by atoms with van der Waals surface area (Å²) in [6.45, 7) is 16.2. The molecule has 14 heteroatoms. The highest BCUT2D eigenvalue weighted by Crippen LogP contribution is 2.33. The van der Waals surface area contributed by atoms with Crippen molar-refractivity contribution in [2.24, 2.45) is 0 Å². The molecule has 0 saturated carbocycles. The van der Waals surface area contributed by atoms with Crippen LogP contribution in [0.15, 0.2) is 119 Å². The molecule has 10 rings (SSSR count). The minimum Gasteiger partial charge on any atom is -0.486 e. The van der Waals surface area contributed by atoms with Gasteiger partial charge in [-0.15, -0.1) is 0 Å². The number of ether oxygens (including phenoxy) is 5. The van der Waals surface area contributed by atoms with E-state index in [-0.39, 0.29) is 23.3 Å². The van der Waals surface area contributed by atoms with E-state index >= 15 is 0 Å². The summed E-state index contributed by atoms with van der Waals surface area (Å²) in [4.78, 5) is 45.0. The van der Waals surface area contributed by atoms with Crippen molar-refractivity contribution in [1.29, 1.82) is 0 Å². The molecule has 1 amide bonds. The van der Waals surface area contributed by atoms with Crippen LogP contribution in [0.2, 0.25) is 0 Å². The molecular formula is C55H66N6O8. The Morgan fingerprint density at radius 1 is 0.594 bits per heavy atom. The fraction of sp³-hybridized carbons (Fsp3) is 0.436. The van der Waals surface area contributed by atoms with Gasteiger partial charge in [0.1, 0.15) is 32.0 Å². The normalized spacial score (nSPS) is 16.7. The van der Waals surface area contributed by atoms with Crippen LogP contribution in [0.5, 0.6) is 23.0 Å². The Bertz CT molecular complexity index is 2820. The molecule has 0 bridgehead atoms. The SMILES string of the molecule is CC(C)(C)OC(=O)N(Cc1ccc2c(c1)OCCO2)C1CCN(CCn2c(=O)ccc3ccccc32)CC1.O=c1ccc2ccccc2n1CCN1CCC(NCc2ccc3c(c2)OCCO3)CC1. The van der Waals surface area contributed by atoms with Crippen molar-refractivity contribution in [3.8, 4) is 23.0 Å². The first kappa shape index (κ1) is 47.7. The Kier molecular flexibility index (Phi) is 15.2. The van der Waals surface area contributed by atoms with Gasteiger partial charge >= 0.3 is 6.09 Å². The highest BCUT2D eigenvalue weighted by atomic mass is 16.6. The summed E-state index contributed by atoms with van der Waals surface area (Å²) in [7, 11) is 0. The lowest BCUT2D eigenvalue weighted by Crippen LogP contribution is -2.49. The largest absolute Gasteiger partial charge is 0.486 e. The van der Waals surface area contributed by atoms with Crippen LogP contribution in [-0.2, 0) is 30.9 Å². The van der Waals surface area contributed by atoms with Gasteiger partial charge in [-0.25, -0.2) is 4.79 Å². The van der Waals surface area contributed by atoms with Crippen molar-refractivity contribution >= 4 is 27.9 Å². The van der Waals surface area contributed by atoms with E-state index in [1.807, 2.05) is 114 Å². The number of hydrogen-bond acceptors (Lipinski definition) is 11. The molecule has 364 valence electrons. The number of carbonyl (C=O) groups excluding carboxylic acids is 1. The van der Waals surface area contributed by atoms with Crippen LogP contribution in [0, 0.1) is 0 Å². The molecule has 6 heterocycles. The van der Waals surface area contributed by atoms with Gasteiger partial charge in [0.05, 0.1) is 11.0 Å². The topological polar surface area (TPSA) is 129 Å². The molecule has 0 atom stereocenters. The summed E-state index contributed by atoms with van der Waals surface area (Å²) in [6, 6.07) is 35.8. The van der Waals surface area contributed by atoms with Gasteiger partial charge in [0, 0.05) is 76.6 Å². The zero-order valence-electron chi connectivity index (χ0n) is 40.3. The molecule has 0 spiro atoms. The van der Waals surface area contributed by atoms with E-state index < -0.39 is 5.60 Å². The van der Waals surface area contributed by atoms with Gasteiger partial charge in [-0.3, -0.25) is 9.59 Å². The van der Waals surface area contributed by atoms with Crippen LogP contribution < -0.4 is 35.4 Å². The summed E-state index contributed by atoms with van der Waals surface area (Å²) < 4.78 is 32.3. The first-order chi connectivity index (χ1) is 33.5. The third-order valence-electron chi connectivity index (χ3n) is 13.5. The first-order valence-corrected chi connectivity index (χ1v) is 24.6. The van der Waals surface area contributed by atoms with Crippen molar-refractivity contribution in [1.82, 2.24) is 29.2 Å². The highest BCUT2D eigenvalue weighted by molar-refractivity contribution is 5.79. The van der Waals surface area contributed by atoms with Gasteiger partial charge in [0.15, 0.2) is 23.0 Å². The van der Waals surface area contributed by atoms with Crippen molar-refractivity contribution in [2.75, 3.05) is 65.7 Å². The number of fused-ring (bicyclic) bond motifs is 4. The summed E-state index contributed by atoms with van der Waals surface area (Å²) in [5.41, 5.74) is 3.72. The van der Waals surface area contributed by atoms with Crippen molar-refractivity contribution in [2.45, 2.75) is 90.3 Å². The molecule has 1 N–H and O–H groups in total. The van der Waals surface area contributed by atoms with Gasteiger partial charge in [0.25, 0.3) is 11.1 Å². The smallest absolute Gasteiger partial charge is 0.410 e. The third-order valence-corrected chi connectivity index (χ3v) is 13.5. The third kappa shape index (κ3) is 12.3. The number of benzene rings is 4. The fourth-order valence-corrected chi connectivity index (χ4v) is 9.75. The van der Waals surface area contributed by atoms with E-state index in [2.05, 4.69) is 33.3 Å². The number of pyridine rings is 2. The number of carbonyl (C=O) groups is 1. The average Bonchev–Trinajstić information content (AvgIpc) is 3.37. The molecule has 2 saturated heterocycles. The minimum atomic E-state index is -0.575. The molecule has 2 fully saturated rings. The fourth-order valence-electron chi connectivity index (χ4n) is 9.75. The lowest BCUT2D eigenvalue weighted by molar-refractivity contribution is 0.00562. The molecule has 4 aliphatic heterocycles. The van der Waals surface area contributed by atoms with Gasteiger partial charge in [-0.1, -0.05) is 48.5 Å². The predicted molar refractivity (Wildman–Crippen MR) is 269 cm³/mol. The van der Waals surface area contributed by atoms with Crippen LogP contribution >= 0.6 is 0 Å². The second-order valence-corrected chi connectivity index (χ2v) is 19.4. The second-order valence-electron chi connectivity index (χ2n) is 19.4. The van der Waals surface area contributed by atoms with Gasteiger partial charge < -0.3 is 52.8 Å². The number of aromatic nitrogens is 2. The monoisotopic (exact) mass is 938 g/mol. The number of rotatable bonds is 12. The van der Waals surface area contributed by atoms with Crippen LogP contribution in [0.1, 0.15) is 57.6 Å². The Morgan fingerprint density at radius 3 is 1.61 bits per heavy atom. The van der Waals surface area contributed by atoms with Gasteiger partial charge in [-0.2, -0.15) is 0 Å². The maximum Gasteiger partial charge on any atom is 0.410 e. The van der Waals surface area contributed by atoms with Crippen molar-refractivity contribution < 1.29 is 28.5 Å². The summed E-state index contributed by atoms with van der Waals surface area (Å²) in [6.07, 6.45) is 3.63. The molecule has 0 unspecified atom stereocenters. The summed E-state index contributed by atoms with van der Waals surface area (Å²) >= 11 is 0. The van der Waals surface area contributed by atoms with E-state index in [9.17, 15) is 14.4 Å². The number of hydrogen-bond donors (Lipinski definition) is 1. The zero-order chi connectivity index (χ0) is 47.7. The number of para-hydroxylation sites is 2. The zero-order valence-corrected chi connectivity index (χ0v) is 40.3. The number of nitrogens with one attached hydrogen (secondary N) is 1. The molecule has 14 nitrogen and oxygen atoms in total. The van der Waals surface area contributed by atoms with Crippen molar-refractivity contribution in [3.63, 3.8) is 0 Å². The maximum atomic E-state index is 13.3. The average molecular weight is 939 g/mol. The van der Waals surface area contributed by atoms with E-state index in [1.54, 1.807) is 12.1 Å². The highest BCUT2D eigenvalue weighted by Gasteiger charge is 2.32. The lowest BCUT2D eigenvalue weighted by atomic mass is 10.0. The van der Waals surface area contributed by atoms with Crippen LogP contribution in [-0.4, -0.2) is 113 Å². The van der Waals surface area contributed by atoms with Crippen LogP contribution in [0.4, 0.5) is 4.79 Å². The van der Waals surface area contributed by atoms with Gasteiger partial charge in [0.2, 0.25) is 0 Å². The Balaban J connectivity index is 0.000000175. The lowest BCUT2D eigenvalue weighted by Gasteiger charge is -2.39. The molecule has 4 aliphatic rings. The van der Waals surface area contributed by atoms with Crippen LogP contribution in [0.3, 0.4) is 0 Å².